The van der Waals surface area contributed by atoms with Gasteiger partial charge in [0.2, 0.25) is 11.8 Å². The molecule has 0 bridgehead atoms. The average molecular weight is 365 g/mol. The van der Waals surface area contributed by atoms with Gasteiger partial charge >= 0.3 is 0 Å². The van der Waals surface area contributed by atoms with Crippen molar-refractivity contribution in [2.75, 3.05) is 20.0 Å². The zero-order valence-corrected chi connectivity index (χ0v) is 15.9. The molecule has 0 aliphatic rings. The SMILES string of the molecule is CCC(C)(C)NC(=O)CSc1nnc(-c2ccc(OC)c(OC)c2)o1. The highest BCUT2D eigenvalue weighted by atomic mass is 32.2. The maximum Gasteiger partial charge on any atom is 0.277 e. The first-order valence-electron chi connectivity index (χ1n) is 7.88. The van der Waals surface area contributed by atoms with E-state index in [0.717, 1.165) is 6.42 Å². The van der Waals surface area contributed by atoms with Crippen LogP contribution in [0, 0.1) is 0 Å². The number of thioether (sulfide) groups is 1. The van der Waals surface area contributed by atoms with Gasteiger partial charge < -0.3 is 19.2 Å². The summed E-state index contributed by atoms with van der Waals surface area (Å²) >= 11 is 1.20. The Hall–Kier alpha value is -2.22. The number of nitrogens with one attached hydrogen (secondary N) is 1. The largest absolute Gasteiger partial charge is 0.493 e. The van der Waals surface area contributed by atoms with E-state index < -0.39 is 0 Å². The fourth-order valence-electron chi connectivity index (χ4n) is 1.98. The minimum atomic E-state index is -0.225. The van der Waals surface area contributed by atoms with Crippen molar-refractivity contribution in [2.24, 2.45) is 0 Å². The molecular weight excluding hydrogens is 342 g/mol. The van der Waals surface area contributed by atoms with Crippen LogP contribution >= 0.6 is 11.8 Å². The van der Waals surface area contributed by atoms with E-state index in [1.807, 2.05) is 20.8 Å². The summed E-state index contributed by atoms with van der Waals surface area (Å²) in [5, 5.41) is 11.3. The van der Waals surface area contributed by atoms with Crippen molar-refractivity contribution in [3.05, 3.63) is 18.2 Å². The van der Waals surface area contributed by atoms with Gasteiger partial charge in [-0.25, -0.2) is 0 Å². The highest BCUT2D eigenvalue weighted by molar-refractivity contribution is 7.99. The number of methoxy groups -OCH3 is 2. The van der Waals surface area contributed by atoms with Gasteiger partial charge in [0.05, 0.1) is 20.0 Å². The summed E-state index contributed by atoms with van der Waals surface area (Å²) in [5.74, 6) is 1.71. The van der Waals surface area contributed by atoms with Gasteiger partial charge in [0.15, 0.2) is 11.5 Å². The molecule has 2 aromatic rings. The zero-order chi connectivity index (χ0) is 18.4. The zero-order valence-electron chi connectivity index (χ0n) is 15.1. The standard InChI is InChI=1S/C17H23N3O4S/c1-6-17(2,3)18-14(21)10-25-16-20-19-15(24-16)11-7-8-12(22-4)13(9-11)23-5/h7-9H,6,10H2,1-5H3,(H,18,21). The molecule has 25 heavy (non-hydrogen) atoms. The first kappa shape index (κ1) is 19.1. The third kappa shape index (κ3) is 5.12. The molecular formula is C17H23N3O4S. The molecule has 0 unspecified atom stereocenters. The van der Waals surface area contributed by atoms with E-state index >= 15 is 0 Å². The lowest BCUT2D eigenvalue weighted by atomic mass is 10.0. The summed E-state index contributed by atoms with van der Waals surface area (Å²) in [7, 11) is 3.14. The maximum atomic E-state index is 12.0. The number of amides is 1. The molecule has 1 aromatic carbocycles. The summed E-state index contributed by atoms with van der Waals surface area (Å²) in [5.41, 5.74) is 0.491. The third-order valence-electron chi connectivity index (χ3n) is 3.73. The number of carbonyl (C=O) groups excluding carboxylic acids is 1. The highest BCUT2D eigenvalue weighted by Gasteiger charge is 2.19. The number of aromatic nitrogens is 2. The Kier molecular flexibility index (Phi) is 6.30. The Labute approximate surface area is 151 Å². The van der Waals surface area contributed by atoms with Crippen LogP contribution in [0.4, 0.5) is 0 Å². The fourth-order valence-corrected chi connectivity index (χ4v) is 2.55. The number of hydrogen-bond acceptors (Lipinski definition) is 7. The third-order valence-corrected chi connectivity index (χ3v) is 4.54. The van der Waals surface area contributed by atoms with Gasteiger partial charge in [0.25, 0.3) is 5.22 Å². The van der Waals surface area contributed by atoms with Gasteiger partial charge in [0.1, 0.15) is 0 Å². The molecule has 0 saturated carbocycles. The fraction of sp³-hybridized carbons (Fsp3) is 0.471. The lowest BCUT2D eigenvalue weighted by Gasteiger charge is -2.24. The minimum Gasteiger partial charge on any atom is -0.493 e. The van der Waals surface area contributed by atoms with E-state index in [9.17, 15) is 4.79 Å². The Morgan fingerprint density at radius 3 is 2.60 bits per heavy atom. The van der Waals surface area contributed by atoms with Crippen LogP contribution in [0.3, 0.4) is 0 Å². The highest BCUT2D eigenvalue weighted by Crippen LogP contribution is 2.32. The van der Waals surface area contributed by atoms with Crippen molar-refractivity contribution in [2.45, 2.75) is 38.0 Å². The van der Waals surface area contributed by atoms with E-state index in [2.05, 4.69) is 15.5 Å². The molecule has 1 aromatic heterocycles. The van der Waals surface area contributed by atoms with Crippen molar-refractivity contribution in [3.8, 4) is 23.0 Å². The van der Waals surface area contributed by atoms with Crippen LogP contribution in [0.5, 0.6) is 11.5 Å². The molecule has 0 atom stereocenters. The molecule has 2 rings (SSSR count). The number of benzene rings is 1. The second-order valence-corrected chi connectivity index (χ2v) is 6.94. The van der Waals surface area contributed by atoms with Crippen LogP contribution in [0.15, 0.2) is 27.8 Å². The van der Waals surface area contributed by atoms with E-state index in [1.165, 1.54) is 11.8 Å². The molecule has 1 amide bonds. The molecule has 1 N–H and O–H groups in total. The first-order valence-corrected chi connectivity index (χ1v) is 8.86. The monoisotopic (exact) mass is 365 g/mol. The van der Waals surface area contributed by atoms with Gasteiger partial charge in [-0.2, -0.15) is 0 Å². The summed E-state index contributed by atoms with van der Waals surface area (Å²) in [6.45, 7) is 6.00. The molecule has 0 aliphatic carbocycles. The summed E-state index contributed by atoms with van der Waals surface area (Å²) in [6.07, 6.45) is 0.855. The van der Waals surface area contributed by atoms with Gasteiger partial charge in [-0.1, -0.05) is 18.7 Å². The molecule has 0 fully saturated rings. The van der Waals surface area contributed by atoms with E-state index in [0.29, 0.717) is 28.2 Å². The number of rotatable bonds is 8. The number of nitrogens with zero attached hydrogens (tertiary/aromatic N) is 2. The van der Waals surface area contributed by atoms with Crippen LogP contribution in [-0.2, 0) is 4.79 Å². The van der Waals surface area contributed by atoms with Crippen LogP contribution in [-0.4, -0.2) is 41.6 Å². The van der Waals surface area contributed by atoms with Crippen molar-refractivity contribution >= 4 is 17.7 Å². The minimum absolute atomic E-state index is 0.0669. The van der Waals surface area contributed by atoms with Crippen molar-refractivity contribution in [1.29, 1.82) is 0 Å². The second kappa shape index (κ2) is 8.24. The van der Waals surface area contributed by atoms with Crippen molar-refractivity contribution in [3.63, 3.8) is 0 Å². The van der Waals surface area contributed by atoms with E-state index in [-0.39, 0.29) is 17.2 Å². The molecule has 136 valence electrons. The Balaban J connectivity index is 2.02. The van der Waals surface area contributed by atoms with Gasteiger partial charge in [0, 0.05) is 11.1 Å². The Morgan fingerprint density at radius 2 is 1.96 bits per heavy atom. The molecule has 0 radical (unpaired) electrons. The summed E-state index contributed by atoms with van der Waals surface area (Å²) < 4.78 is 16.1. The van der Waals surface area contributed by atoms with E-state index in [1.54, 1.807) is 32.4 Å². The van der Waals surface area contributed by atoms with Crippen molar-refractivity contribution < 1.29 is 18.7 Å². The van der Waals surface area contributed by atoms with Crippen LogP contribution in [0.2, 0.25) is 0 Å². The Morgan fingerprint density at radius 1 is 1.24 bits per heavy atom. The summed E-state index contributed by atoms with van der Waals surface area (Å²) in [6, 6.07) is 5.34. The molecule has 8 heteroatoms. The molecule has 7 nitrogen and oxygen atoms in total. The Bertz CT molecular complexity index is 730. The van der Waals surface area contributed by atoms with Gasteiger partial charge in [-0.3, -0.25) is 4.79 Å². The first-order chi connectivity index (χ1) is 11.9. The smallest absolute Gasteiger partial charge is 0.277 e. The van der Waals surface area contributed by atoms with E-state index in [4.69, 9.17) is 13.9 Å². The van der Waals surface area contributed by atoms with Crippen molar-refractivity contribution in [1.82, 2.24) is 15.5 Å². The van der Waals surface area contributed by atoms with Crippen LogP contribution < -0.4 is 14.8 Å². The average Bonchev–Trinajstić information content (AvgIpc) is 3.08. The molecule has 0 aliphatic heterocycles. The maximum absolute atomic E-state index is 12.0. The predicted octanol–water partition coefficient (Wildman–Crippen LogP) is 3.15. The van der Waals surface area contributed by atoms with Gasteiger partial charge in [-0.05, 0) is 38.5 Å². The number of ether oxygens (including phenoxy) is 2. The van der Waals surface area contributed by atoms with Gasteiger partial charge in [-0.15, -0.1) is 10.2 Å². The number of carbonyl (C=O) groups is 1. The quantitative estimate of drug-likeness (QED) is 0.719. The van der Waals surface area contributed by atoms with Crippen LogP contribution in [0.1, 0.15) is 27.2 Å². The lowest BCUT2D eigenvalue weighted by molar-refractivity contribution is -0.120. The number of hydrogen-bond donors (Lipinski definition) is 1. The second-order valence-electron chi connectivity index (χ2n) is 6.02. The molecule has 0 spiro atoms. The predicted molar refractivity (Wildman–Crippen MR) is 96.1 cm³/mol. The topological polar surface area (TPSA) is 86.5 Å². The summed E-state index contributed by atoms with van der Waals surface area (Å²) in [4.78, 5) is 12.0. The normalized spacial score (nSPS) is 11.2. The molecule has 0 saturated heterocycles. The molecule has 1 heterocycles. The van der Waals surface area contributed by atoms with Crippen LogP contribution in [0.25, 0.3) is 11.5 Å². The lowest BCUT2D eigenvalue weighted by Crippen LogP contribution is -2.43.